The molecular formula is C15H18BrNO4. The molecule has 0 radical (unpaired) electrons. The summed E-state index contributed by atoms with van der Waals surface area (Å²) in [5, 5.41) is 11.9. The third-order valence-corrected chi connectivity index (χ3v) is 4.52. The molecule has 1 fully saturated rings. The van der Waals surface area contributed by atoms with Crippen molar-refractivity contribution in [3.63, 3.8) is 0 Å². The number of amides is 1. The third-order valence-electron chi connectivity index (χ3n) is 3.83. The number of methoxy groups -OCH3 is 1. The van der Waals surface area contributed by atoms with Crippen LogP contribution in [0.25, 0.3) is 0 Å². The Hall–Kier alpha value is -1.56. The van der Waals surface area contributed by atoms with E-state index in [1.807, 2.05) is 0 Å². The topological polar surface area (TPSA) is 75.6 Å². The highest BCUT2D eigenvalue weighted by Gasteiger charge is 2.27. The van der Waals surface area contributed by atoms with E-state index in [0.717, 1.165) is 0 Å². The van der Waals surface area contributed by atoms with Crippen molar-refractivity contribution in [1.82, 2.24) is 5.32 Å². The molecule has 0 atom stereocenters. The first-order chi connectivity index (χ1) is 10.0. The van der Waals surface area contributed by atoms with Gasteiger partial charge < -0.3 is 15.2 Å². The molecule has 5 nitrogen and oxygen atoms in total. The van der Waals surface area contributed by atoms with E-state index in [0.29, 0.717) is 41.5 Å². The number of ether oxygens (including phenoxy) is 1. The number of carboxylic acids is 1. The van der Waals surface area contributed by atoms with Crippen LogP contribution in [0.1, 0.15) is 36.0 Å². The molecule has 1 amide bonds. The zero-order valence-electron chi connectivity index (χ0n) is 11.8. The molecule has 1 aromatic carbocycles. The van der Waals surface area contributed by atoms with Crippen molar-refractivity contribution in [2.45, 2.75) is 31.7 Å². The van der Waals surface area contributed by atoms with Crippen LogP contribution in [-0.4, -0.2) is 30.1 Å². The van der Waals surface area contributed by atoms with Crippen molar-refractivity contribution in [3.05, 3.63) is 28.2 Å². The maximum Gasteiger partial charge on any atom is 0.306 e. The van der Waals surface area contributed by atoms with Gasteiger partial charge in [0.2, 0.25) is 0 Å². The molecule has 6 heteroatoms. The van der Waals surface area contributed by atoms with Gasteiger partial charge in [0.1, 0.15) is 5.75 Å². The second kappa shape index (κ2) is 6.93. The number of halogens is 1. The third kappa shape index (κ3) is 3.97. The van der Waals surface area contributed by atoms with E-state index in [2.05, 4.69) is 21.2 Å². The minimum absolute atomic E-state index is 0.0335. The molecule has 21 heavy (non-hydrogen) atoms. The summed E-state index contributed by atoms with van der Waals surface area (Å²) in [7, 11) is 1.55. The van der Waals surface area contributed by atoms with Gasteiger partial charge in [-0.05, 0) is 59.8 Å². The van der Waals surface area contributed by atoms with E-state index in [-0.39, 0.29) is 17.9 Å². The Morgan fingerprint density at radius 3 is 2.52 bits per heavy atom. The molecule has 1 aliphatic carbocycles. The number of carboxylic acid groups (broad SMARTS) is 1. The van der Waals surface area contributed by atoms with Gasteiger partial charge in [-0.3, -0.25) is 9.59 Å². The largest absolute Gasteiger partial charge is 0.497 e. The summed E-state index contributed by atoms with van der Waals surface area (Å²) in [6.07, 6.45) is 2.62. The highest BCUT2D eigenvalue weighted by molar-refractivity contribution is 9.10. The molecule has 2 N–H and O–H groups in total. The quantitative estimate of drug-likeness (QED) is 0.870. The lowest BCUT2D eigenvalue weighted by atomic mass is 9.86. The smallest absolute Gasteiger partial charge is 0.306 e. The molecule has 0 unspecified atom stereocenters. The van der Waals surface area contributed by atoms with Crippen molar-refractivity contribution in [3.8, 4) is 5.75 Å². The van der Waals surface area contributed by atoms with Gasteiger partial charge in [0.25, 0.3) is 5.91 Å². The summed E-state index contributed by atoms with van der Waals surface area (Å²) in [5.41, 5.74) is 0.523. The Labute approximate surface area is 131 Å². The summed E-state index contributed by atoms with van der Waals surface area (Å²) in [4.78, 5) is 23.2. The predicted molar refractivity (Wildman–Crippen MR) is 81.5 cm³/mol. The molecule has 0 aromatic heterocycles. The molecule has 1 aromatic rings. The molecular weight excluding hydrogens is 338 g/mol. The summed E-state index contributed by atoms with van der Waals surface area (Å²) in [5.74, 6) is -0.561. The number of benzene rings is 1. The first kappa shape index (κ1) is 15.8. The minimum atomic E-state index is -0.740. The molecule has 1 saturated carbocycles. The van der Waals surface area contributed by atoms with Crippen molar-refractivity contribution in [1.29, 1.82) is 0 Å². The van der Waals surface area contributed by atoms with Crippen LogP contribution in [0.5, 0.6) is 5.75 Å². The zero-order valence-corrected chi connectivity index (χ0v) is 13.4. The number of nitrogens with one attached hydrogen (secondary N) is 1. The molecule has 0 saturated heterocycles. The second-order valence-electron chi connectivity index (χ2n) is 5.21. The predicted octanol–water partition coefficient (Wildman–Crippen LogP) is 2.83. The van der Waals surface area contributed by atoms with Gasteiger partial charge in [0, 0.05) is 10.5 Å². The lowest BCUT2D eigenvalue weighted by Crippen LogP contribution is -2.38. The van der Waals surface area contributed by atoms with Gasteiger partial charge in [0.15, 0.2) is 0 Å². The molecule has 0 aliphatic heterocycles. The van der Waals surface area contributed by atoms with Crippen LogP contribution in [0, 0.1) is 5.92 Å². The standard InChI is InChI=1S/C15H18BrNO4/c1-21-11-6-7-13(16)12(8-11)14(18)17-10-4-2-9(3-5-10)15(19)20/h6-10H,2-5H2,1H3,(H,17,18)(H,19,20). The van der Waals surface area contributed by atoms with Gasteiger partial charge in [-0.25, -0.2) is 0 Å². The summed E-state index contributed by atoms with van der Waals surface area (Å²) >= 11 is 3.36. The molecule has 0 spiro atoms. The van der Waals surface area contributed by atoms with Crippen molar-refractivity contribution in [2.24, 2.45) is 5.92 Å². The number of carbonyl (C=O) groups is 2. The highest BCUT2D eigenvalue weighted by atomic mass is 79.9. The second-order valence-corrected chi connectivity index (χ2v) is 6.06. The van der Waals surface area contributed by atoms with Crippen LogP contribution in [0.15, 0.2) is 22.7 Å². The van der Waals surface area contributed by atoms with Crippen molar-refractivity contribution < 1.29 is 19.4 Å². The van der Waals surface area contributed by atoms with Crippen molar-refractivity contribution >= 4 is 27.8 Å². The Morgan fingerprint density at radius 1 is 1.29 bits per heavy atom. The van der Waals surface area contributed by atoms with E-state index >= 15 is 0 Å². The fourth-order valence-electron chi connectivity index (χ4n) is 2.55. The molecule has 0 heterocycles. The number of aliphatic carboxylic acids is 1. The van der Waals surface area contributed by atoms with Crippen LogP contribution < -0.4 is 10.1 Å². The zero-order chi connectivity index (χ0) is 15.4. The first-order valence-electron chi connectivity index (χ1n) is 6.88. The normalized spacial score (nSPS) is 21.6. The number of hydrogen-bond acceptors (Lipinski definition) is 3. The summed E-state index contributed by atoms with van der Waals surface area (Å²) < 4.78 is 5.83. The Balaban J connectivity index is 1.98. The SMILES string of the molecule is COc1ccc(Br)c(C(=O)NC2CCC(C(=O)O)CC2)c1. The number of carbonyl (C=O) groups excluding carboxylic acids is 1. The highest BCUT2D eigenvalue weighted by Crippen LogP contribution is 2.26. The maximum atomic E-state index is 12.3. The van der Waals surface area contributed by atoms with Crippen LogP contribution in [0.3, 0.4) is 0 Å². The monoisotopic (exact) mass is 355 g/mol. The van der Waals surface area contributed by atoms with Crippen LogP contribution >= 0.6 is 15.9 Å². The minimum Gasteiger partial charge on any atom is -0.497 e. The van der Waals surface area contributed by atoms with E-state index in [9.17, 15) is 9.59 Å². The number of rotatable bonds is 4. The van der Waals surface area contributed by atoms with Crippen molar-refractivity contribution in [2.75, 3.05) is 7.11 Å². The fourth-order valence-corrected chi connectivity index (χ4v) is 2.98. The Bertz CT molecular complexity index is 538. The molecule has 0 bridgehead atoms. The Kier molecular flexibility index (Phi) is 5.22. The van der Waals surface area contributed by atoms with E-state index in [4.69, 9.17) is 9.84 Å². The summed E-state index contributed by atoms with van der Waals surface area (Å²) in [6, 6.07) is 5.27. The lowest BCUT2D eigenvalue weighted by molar-refractivity contribution is -0.142. The van der Waals surface area contributed by atoms with E-state index in [1.165, 1.54) is 0 Å². The van der Waals surface area contributed by atoms with Gasteiger partial charge in [-0.1, -0.05) is 0 Å². The van der Waals surface area contributed by atoms with Gasteiger partial charge in [0.05, 0.1) is 18.6 Å². The molecule has 114 valence electrons. The van der Waals surface area contributed by atoms with Crippen LogP contribution in [0.2, 0.25) is 0 Å². The molecule has 1 aliphatic rings. The van der Waals surface area contributed by atoms with Crippen LogP contribution in [0.4, 0.5) is 0 Å². The first-order valence-corrected chi connectivity index (χ1v) is 7.67. The van der Waals surface area contributed by atoms with Gasteiger partial charge in [-0.2, -0.15) is 0 Å². The average molecular weight is 356 g/mol. The fraction of sp³-hybridized carbons (Fsp3) is 0.467. The van der Waals surface area contributed by atoms with Gasteiger partial charge >= 0.3 is 5.97 Å². The average Bonchev–Trinajstić information content (AvgIpc) is 2.48. The summed E-state index contributed by atoms with van der Waals surface area (Å²) in [6.45, 7) is 0. The molecule has 2 rings (SSSR count). The van der Waals surface area contributed by atoms with E-state index in [1.54, 1.807) is 25.3 Å². The van der Waals surface area contributed by atoms with Gasteiger partial charge in [-0.15, -0.1) is 0 Å². The lowest BCUT2D eigenvalue weighted by Gasteiger charge is -2.27. The number of hydrogen-bond donors (Lipinski definition) is 2. The van der Waals surface area contributed by atoms with E-state index < -0.39 is 5.97 Å². The van der Waals surface area contributed by atoms with Crippen LogP contribution in [-0.2, 0) is 4.79 Å². The Morgan fingerprint density at radius 2 is 1.95 bits per heavy atom. The maximum absolute atomic E-state index is 12.3.